The first-order valence-corrected chi connectivity index (χ1v) is 5.35. The highest BCUT2D eigenvalue weighted by molar-refractivity contribution is 14.1. The smallest absolute Gasteiger partial charge is 0.253 e. The van der Waals surface area contributed by atoms with Crippen LogP contribution in [-0.2, 0) is 0 Å². The Balaban J connectivity index is 2.74. The Hall–Kier alpha value is -0.620. The van der Waals surface area contributed by atoms with Crippen LogP contribution in [-0.4, -0.2) is 36.1 Å². The van der Waals surface area contributed by atoms with Crippen LogP contribution >= 0.6 is 22.6 Å². The number of aliphatic hydroxyl groups excluding tert-OH is 1. The lowest BCUT2D eigenvalue weighted by atomic mass is 10.2. The largest absolute Gasteiger partial charge is 0.395 e. The summed E-state index contributed by atoms with van der Waals surface area (Å²) in [4.78, 5) is 13.2. The molecule has 0 radical (unpaired) electrons. The SMILES string of the molecule is CN(CCO)C(=O)c1ccc(I)cc1. The van der Waals surface area contributed by atoms with Crippen LogP contribution < -0.4 is 0 Å². The summed E-state index contributed by atoms with van der Waals surface area (Å²) in [6.45, 7) is 0.359. The van der Waals surface area contributed by atoms with Gasteiger partial charge in [0.25, 0.3) is 5.91 Å². The summed E-state index contributed by atoms with van der Waals surface area (Å²) in [6.07, 6.45) is 0. The quantitative estimate of drug-likeness (QED) is 0.857. The molecule has 0 aliphatic rings. The minimum Gasteiger partial charge on any atom is -0.395 e. The van der Waals surface area contributed by atoms with Gasteiger partial charge in [-0.25, -0.2) is 0 Å². The van der Waals surface area contributed by atoms with Crippen LogP contribution in [0, 0.1) is 3.57 Å². The van der Waals surface area contributed by atoms with Crippen molar-refractivity contribution < 1.29 is 9.90 Å². The van der Waals surface area contributed by atoms with Crippen molar-refractivity contribution in [3.05, 3.63) is 33.4 Å². The van der Waals surface area contributed by atoms with Gasteiger partial charge in [-0.1, -0.05) is 0 Å². The van der Waals surface area contributed by atoms with E-state index >= 15 is 0 Å². The average Bonchev–Trinajstić information content (AvgIpc) is 2.18. The Morgan fingerprint density at radius 1 is 1.43 bits per heavy atom. The number of carbonyl (C=O) groups excluding carboxylic acids is 1. The zero-order chi connectivity index (χ0) is 10.6. The van der Waals surface area contributed by atoms with Gasteiger partial charge in [0.1, 0.15) is 0 Å². The summed E-state index contributed by atoms with van der Waals surface area (Å²) in [7, 11) is 1.68. The molecule has 0 spiro atoms. The van der Waals surface area contributed by atoms with Crippen molar-refractivity contribution in [3.63, 3.8) is 0 Å². The van der Waals surface area contributed by atoms with E-state index in [0.29, 0.717) is 12.1 Å². The third-order valence-electron chi connectivity index (χ3n) is 1.87. The maximum atomic E-state index is 11.7. The number of likely N-dealkylation sites (N-methyl/N-ethyl adjacent to an activating group) is 1. The summed E-state index contributed by atoms with van der Waals surface area (Å²) in [6, 6.07) is 7.36. The van der Waals surface area contributed by atoms with Gasteiger partial charge < -0.3 is 10.0 Å². The van der Waals surface area contributed by atoms with Gasteiger partial charge in [0, 0.05) is 22.7 Å². The fourth-order valence-corrected chi connectivity index (χ4v) is 1.42. The molecule has 1 rings (SSSR count). The second-order valence-electron chi connectivity index (χ2n) is 2.96. The van der Waals surface area contributed by atoms with Crippen molar-refractivity contribution in [2.75, 3.05) is 20.2 Å². The van der Waals surface area contributed by atoms with Crippen molar-refractivity contribution in [2.45, 2.75) is 0 Å². The van der Waals surface area contributed by atoms with Crippen LogP contribution in [0.25, 0.3) is 0 Å². The van der Waals surface area contributed by atoms with E-state index in [9.17, 15) is 4.79 Å². The number of nitrogens with zero attached hydrogens (tertiary/aromatic N) is 1. The van der Waals surface area contributed by atoms with E-state index in [1.165, 1.54) is 4.90 Å². The molecule has 76 valence electrons. The number of halogens is 1. The molecule has 3 nitrogen and oxygen atoms in total. The second-order valence-corrected chi connectivity index (χ2v) is 4.20. The van der Waals surface area contributed by atoms with Crippen molar-refractivity contribution >= 4 is 28.5 Å². The molecule has 0 aliphatic heterocycles. The summed E-state index contributed by atoms with van der Waals surface area (Å²) >= 11 is 2.19. The molecule has 0 heterocycles. The van der Waals surface area contributed by atoms with Crippen LogP contribution in [0.3, 0.4) is 0 Å². The van der Waals surface area contributed by atoms with Crippen molar-refractivity contribution in [1.82, 2.24) is 4.90 Å². The van der Waals surface area contributed by atoms with E-state index in [0.717, 1.165) is 3.57 Å². The number of aliphatic hydroxyl groups is 1. The lowest BCUT2D eigenvalue weighted by Gasteiger charge is -2.15. The molecule has 1 aromatic rings. The molecular weight excluding hydrogens is 293 g/mol. The Kier molecular flexibility index (Phi) is 4.34. The van der Waals surface area contributed by atoms with Gasteiger partial charge in [-0.3, -0.25) is 4.79 Å². The normalized spacial score (nSPS) is 9.93. The maximum absolute atomic E-state index is 11.7. The van der Waals surface area contributed by atoms with E-state index in [2.05, 4.69) is 22.6 Å². The van der Waals surface area contributed by atoms with Gasteiger partial charge in [0.15, 0.2) is 0 Å². The third kappa shape index (κ3) is 2.95. The van der Waals surface area contributed by atoms with Gasteiger partial charge >= 0.3 is 0 Å². The molecule has 0 saturated heterocycles. The highest BCUT2D eigenvalue weighted by Gasteiger charge is 2.09. The van der Waals surface area contributed by atoms with Gasteiger partial charge in [-0.2, -0.15) is 0 Å². The fourth-order valence-electron chi connectivity index (χ4n) is 1.06. The molecule has 14 heavy (non-hydrogen) atoms. The molecule has 0 aromatic heterocycles. The van der Waals surface area contributed by atoms with Gasteiger partial charge in [-0.15, -0.1) is 0 Å². The molecule has 0 bridgehead atoms. The monoisotopic (exact) mass is 305 g/mol. The highest BCUT2D eigenvalue weighted by Crippen LogP contribution is 2.08. The highest BCUT2D eigenvalue weighted by atomic mass is 127. The Morgan fingerprint density at radius 2 is 2.00 bits per heavy atom. The zero-order valence-corrected chi connectivity index (χ0v) is 10.1. The topological polar surface area (TPSA) is 40.5 Å². The molecular formula is C10H12INO2. The van der Waals surface area contributed by atoms with Crippen molar-refractivity contribution in [3.8, 4) is 0 Å². The first-order chi connectivity index (χ1) is 6.65. The molecule has 0 fully saturated rings. The van der Waals surface area contributed by atoms with Gasteiger partial charge in [-0.05, 0) is 46.9 Å². The molecule has 1 N–H and O–H groups in total. The summed E-state index contributed by atoms with van der Waals surface area (Å²) in [5, 5.41) is 8.68. The lowest BCUT2D eigenvalue weighted by molar-refractivity contribution is 0.0767. The first-order valence-electron chi connectivity index (χ1n) is 4.27. The van der Waals surface area contributed by atoms with E-state index in [-0.39, 0.29) is 12.5 Å². The van der Waals surface area contributed by atoms with Crippen LogP contribution in [0.1, 0.15) is 10.4 Å². The number of carbonyl (C=O) groups is 1. The molecule has 0 unspecified atom stereocenters. The Bertz CT molecular complexity index is 310. The summed E-state index contributed by atoms with van der Waals surface area (Å²) < 4.78 is 1.10. The maximum Gasteiger partial charge on any atom is 0.253 e. The van der Waals surface area contributed by atoms with Gasteiger partial charge in [0.2, 0.25) is 0 Å². The third-order valence-corrected chi connectivity index (χ3v) is 2.59. The predicted molar refractivity (Wildman–Crippen MR) is 63.2 cm³/mol. The van der Waals surface area contributed by atoms with Crippen molar-refractivity contribution in [1.29, 1.82) is 0 Å². The molecule has 0 atom stereocenters. The molecule has 1 aromatic carbocycles. The standard InChI is InChI=1S/C10H12INO2/c1-12(6-7-13)10(14)8-2-4-9(11)5-3-8/h2-5,13H,6-7H2,1H3. The minimum absolute atomic E-state index is 0.00733. The van der Waals surface area contributed by atoms with E-state index in [4.69, 9.17) is 5.11 Å². The van der Waals surface area contributed by atoms with E-state index in [1.807, 2.05) is 12.1 Å². The number of hydrogen-bond acceptors (Lipinski definition) is 2. The molecule has 1 amide bonds. The minimum atomic E-state index is -0.0598. The zero-order valence-electron chi connectivity index (χ0n) is 7.90. The number of rotatable bonds is 3. The molecule has 4 heteroatoms. The van der Waals surface area contributed by atoms with Crippen molar-refractivity contribution in [2.24, 2.45) is 0 Å². The second kappa shape index (κ2) is 5.31. The summed E-state index contributed by atoms with van der Waals surface area (Å²) in [5.74, 6) is -0.0598. The number of benzene rings is 1. The van der Waals surface area contributed by atoms with E-state index in [1.54, 1.807) is 19.2 Å². The predicted octanol–water partition coefficient (Wildman–Crippen LogP) is 1.36. The molecule has 0 saturated carbocycles. The number of amides is 1. The Labute approximate surface area is 96.9 Å². The van der Waals surface area contributed by atoms with Crippen LogP contribution in [0.4, 0.5) is 0 Å². The van der Waals surface area contributed by atoms with Crippen LogP contribution in [0.2, 0.25) is 0 Å². The Morgan fingerprint density at radius 3 is 2.50 bits per heavy atom. The average molecular weight is 305 g/mol. The fraction of sp³-hybridized carbons (Fsp3) is 0.300. The first kappa shape index (κ1) is 11.5. The lowest BCUT2D eigenvalue weighted by Crippen LogP contribution is -2.29. The van der Waals surface area contributed by atoms with Gasteiger partial charge in [0.05, 0.1) is 6.61 Å². The van der Waals surface area contributed by atoms with Crippen LogP contribution in [0.15, 0.2) is 24.3 Å². The molecule has 0 aliphatic carbocycles. The number of hydrogen-bond donors (Lipinski definition) is 1. The van der Waals surface area contributed by atoms with E-state index < -0.39 is 0 Å². The van der Waals surface area contributed by atoms with Crippen LogP contribution in [0.5, 0.6) is 0 Å². The summed E-state index contributed by atoms with van der Waals surface area (Å²) in [5.41, 5.74) is 0.654.